The average molecular weight is 478 g/mol. The molecule has 0 saturated carbocycles. The van der Waals surface area contributed by atoms with Crippen LogP contribution >= 0.6 is 23.6 Å². The van der Waals surface area contributed by atoms with Crippen molar-refractivity contribution in [2.45, 2.75) is 39.7 Å². The maximum Gasteiger partial charge on any atom is 0.278 e. The lowest BCUT2D eigenvalue weighted by molar-refractivity contribution is 0.102. The van der Waals surface area contributed by atoms with Crippen molar-refractivity contribution in [2.75, 3.05) is 5.32 Å². The summed E-state index contributed by atoms with van der Waals surface area (Å²) in [5.74, 6) is 0.434. The number of benzene rings is 1. The highest BCUT2D eigenvalue weighted by molar-refractivity contribution is 7.71. The molecule has 8 nitrogen and oxygen atoms in total. The largest absolute Gasteiger partial charge is 0.296 e. The predicted octanol–water partition coefficient (Wildman–Crippen LogP) is 4.79. The molecule has 0 radical (unpaired) electrons. The third kappa shape index (κ3) is 3.85. The highest BCUT2D eigenvalue weighted by atomic mass is 32.1. The number of thiazole rings is 1. The molecular weight excluding hydrogens is 454 g/mol. The van der Waals surface area contributed by atoms with Gasteiger partial charge in [-0.15, -0.1) is 6.58 Å². The van der Waals surface area contributed by atoms with Crippen LogP contribution in [0.1, 0.15) is 39.4 Å². The van der Waals surface area contributed by atoms with E-state index >= 15 is 0 Å². The summed E-state index contributed by atoms with van der Waals surface area (Å²) in [6, 6.07) is 8.18. The number of hydrogen-bond donors (Lipinski definition) is 2. The maximum atomic E-state index is 13.2. The molecule has 1 aromatic carbocycles. The van der Waals surface area contributed by atoms with Gasteiger partial charge in [0.25, 0.3) is 5.91 Å². The number of carbonyl (C=O) groups excluding carboxylic acids is 1. The fourth-order valence-corrected chi connectivity index (χ4v) is 5.29. The van der Waals surface area contributed by atoms with Crippen molar-refractivity contribution in [2.24, 2.45) is 0 Å². The molecule has 0 atom stereocenters. The van der Waals surface area contributed by atoms with E-state index in [-0.39, 0.29) is 5.91 Å². The summed E-state index contributed by atoms with van der Waals surface area (Å²) in [6.45, 7) is 8.26. The fourth-order valence-electron chi connectivity index (χ4n) is 4.12. The van der Waals surface area contributed by atoms with Gasteiger partial charge in [-0.1, -0.05) is 35.1 Å². The normalized spacial score (nSPS) is 12.7. The number of hydrogen-bond acceptors (Lipinski definition) is 6. The van der Waals surface area contributed by atoms with Crippen LogP contribution in [-0.2, 0) is 19.4 Å². The van der Waals surface area contributed by atoms with Gasteiger partial charge < -0.3 is 0 Å². The van der Waals surface area contributed by atoms with Crippen molar-refractivity contribution in [3.8, 4) is 16.4 Å². The zero-order valence-corrected chi connectivity index (χ0v) is 20.0. The number of fused-ring (bicyclic) bond motifs is 1. The number of H-pyrrole nitrogens is 1. The summed E-state index contributed by atoms with van der Waals surface area (Å²) >= 11 is 6.68. The van der Waals surface area contributed by atoms with Crippen molar-refractivity contribution in [1.29, 1.82) is 0 Å². The molecule has 0 unspecified atom stereocenters. The smallest absolute Gasteiger partial charge is 0.278 e. The van der Waals surface area contributed by atoms with Gasteiger partial charge in [-0.25, -0.2) is 9.67 Å². The van der Waals surface area contributed by atoms with Gasteiger partial charge >= 0.3 is 0 Å². The minimum Gasteiger partial charge on any atom is -0.296 e. The Bertz CT molecular complexity index is 1420. The highest BCUT2D eigenvalue weighted by Crippen LogP contribution is 2.33. The second-order valence-corrected chi connectivity index (χ2v) is 9.40. The van der Waals surface area contributed by atoms with E-state index < -0.39 is 0 Å². The van der Waals surface area contributed by atoms with E-state index in [1.54, 1.807) is 6.08 Å². The highest BCUT2D eigenvalue weighted by Gasteiger charge is 2.28. The molecule has 10 heteroatoms. The number of carbonyl (C=O) groups is 1. The molecule has 4 aromatic rings. The zero-order valence-electron chi connectivity index (χ0n) is 18.4. The molecule has 3 heterocycles. The van der Waals surface area contributed by atoms with Crippen LogP contribution in [0.3, 0.4) is 0 Å². The van der Waals surface area contributed by atoms with Gasteiger partial charge in [0.1, 0.15) is 0 Å². The maximum absolute atomic E-state index is 13.2. The van der Waals surface area contributed by atoms with Crippen LogP contribution in [0.5, 0.6) is 0 Å². The topological polar surface area (TPSA) is 93.4 Å². The average Bonchev–Trinajstić information content (AvgIpc) is 3.55. The quantitative estimate of drug-likeness (QED) is 0.308. The molecule has 0 saturated heterocycles. The van der Waals surface area contributed by atoms with Gasteiger partial charge in [-0.05, 0) is 57.5 Å². The van der Waals surface area contributed by atoms with E-state index in [0.717, 1.165) is 46.8 Å². The standard InChI is InChI=1S/C23H23N7OS2/c1-4-12-29-20(26-27-23(29)32)19-14(3)24-22(33-19)25-21(31)18-16-6-5-7-17(16)30(28-18)15-10-8-13(2)9-11-15/h4,8-11H,1,5-7,12H2,2-3H3,(H,27,32)(H,24,25,31). The molecule has 1 aliphatic rings. The summed E-state index contributed by atoms with van der Waals surface area (Å²) in [5, 5.41) is 15.3. The molecule has 1 aliphatic carbocycles. The molecule has 0 bridgehead atoms. The summed E-state index contributed by atoms with van der Waals surface area (Å²) in [5.41, 5.74) is 5.52. The van der Waals surface area contributed by atoms with Crippen molar-refractivity contribution >= 4 is 34.6 Å². The van der Waals surface area contributed by atoms with Gasteiger partial charge in [-0.2, -0.15) is 10.2 Å². The van der Waals surface area contributed by atoms with Gasteiger partial charge in [0.15, 0.2) is 21.4 Å². The number of anilines is 1. The van der Waals surface area contributed by atoms with Crippen LogP contribution in [0.25, 0.3) is 16.4 Å². The lowest BCUT2D eigenvalue weighted by atomic mass is 10.2. The van der Waals surface area contributed by atoms with Crippen molar-refractivity contribution < 1.29 is 4.79 Å². The number of nitrogens with zero attached hydrogens (tertiary/aromatic N) is 5. The summed E-state index contributed by atoms with van der Waals surface area (Å²) < 4.78 is 4.27. The van der Waals surface area contributed by atoms with Gasteiger partial charge in [-0.3, -0.25) is 19.8 Å². The molecule has 3 aromatic heterocycles. The SMILES string of the molecule is C=CCn1c(-c2sc(NC(=O)c3nn(-c4ccc(C)cc4)c4c3CCC4)nc2C)n[nH]c1=S. The number of amides is 1. The predicted molar refractivity (Wildman–Crippen MR) is 132 cm³/mol. The lowest BCUT2D eigenvalue weighted by Gasteiger charge is -2.05. The van der Waals surface area contributed by atoms with E-state index in [1.165, 1.54) is 16.9 Å². The fraction of sp³-hybridized carbons (Fsp3) is 0.261. The molecule has 1 amide bonds. The van der Waals surface area contributed by atoms with E-state index in [4.69, 9.17) is 17.3 Å². The number of rotatable bonds is 6. The Morgan fingerprint density at radius 1 is 1.30 bits per heavy atom. The molecule has 0 spiro atoms. The Hall–Kier alpha value is -3.37. The van der Waals surface area contributed by atoms with Crippen LogP contribution in [0.15, 0.2) is 36.9 Å². The van der Waals surface area contributed by atoms with E-state index in [0.29, 0.717) is 28.0 Å². The molecule has 168 valence electrons. The first-order valence-corrected chi connectivity index (χ1v) is 11.9. The summed E-state index contributed by atoms with van der Waals surface area (Å²) in [7, 11) is 0. The van der Waals surface area contributed by atoms with Crippen LogP contribution in [0, 0.1) is 18.6 Å². The van der Waals surface area contributed by atoms with E-state index in [1.807, 2.05) is 28.3 Å². The number of nitrogens with one attached hydrogen (secondary N) is 2. The van der Waals surface area contributed by atoms with Crippen LogP contribution in [0.4, 0.5) is 5.13 Å². The second kappa shape index (κ2) is 8.53. The van der Waals surface area contributed by atoms with Crippen molar-refractivity contribution in [3.05, 3.63) is 69.9 Å². The lowest BCUT2D eigenvalue weighted by Crippen LogP contribution is -2.14. The molecular formula is C23H23N7OS2. The third-order valence-electron chi connectivity index (χ3n) is 5.71. The Labute approximate surface area is 200 Å². The van der Waals surface area contributed by atoms with Crippen LogP contribution in [0.2, 0.25) is 0 Å². The van der Waals surface area contributed by atoms with Gasteiger partial charge in [0.2, 0.25) is 0 Å². The van der Waals surface area contributed by atoms with E-state index in [9.17, 15) is 4.79 Å². The Kier molecular flexibility index (Phi) is 5.55. The first kappa shape index (κ1) is 21.5. The zero-order chi connectivity index (χ0) is 23.1. The number of aromatic amines is 1. The number of aryl methyl sites for hydroxylation is 2. The molecule has 0 aliphatic heterocycles. The summed E-state index contributed by atoms with van der Waals surface area (Å²) in [6.07, 6.45) is 4.54. The van der Waals surface area contributed by atoms with E-state index in [2.05, 4.69) is 46.1 Å². The first-order chi connectivity index (χ1) is 16.0. The summed E-state index contributed by atoms with van der Waals surface area (Å²) in [4.78, 5) is 18.6. The molecule has 2 N–H and O–H groups in total. The monoisotopic (exact) mass is 477 g/mol. The van der Waals surface area contributed by atoms with Crippen LogP contribution in [-0.4, -0.2) is 35.4 Å². The molecule has 5 rings (SSSR count). The second-order valence-electron chi connectivity index (χ2n) is 8.01. The number of allylic oxidation sites excluding steroid dienone is 1. The van der Waals surface area contributed by atoms with Crippen LogP contribution < -0.4 is 5.32 Å². The van der Waals surface area contributed by atoms with Crippen molar-refractivity contribution in [1.82, 2.24) is 29.5 Å². The Balaban J connectivity index is 1.45. The molecule has 33 heavy (non-hydrogen) atoms. The van der Waals surface area contributed by atoms with Gasteiger partial charge in [0.05, 0.1) is 16.3 Å². The van der Waals surface area contributed by atoms with Crippen molar-refractivity contribution in [3.63, 3.8) is 0 Å². The minimum absolute atomic E-state index is 0.246. The first-order valence-electron chi connectivity index (χ1n) is 10.7. The number of aromatic nitrogens is 6. The third-order valence-corrected chi connectivity index (χ3v) is 7.09. The Morgan fingerprint density at radius 2 is 2.09 bits per heavy atom. The Morgan fingerprint density at radius 3 is 2.85 bits per heavy atom. The molecule has 0 fully saturated rings. The van der Waals surface area contributed by atoms with Gasteiger partial charge in [0, 0.05) is 17.8 Å². The minimum atomic E-state index is -0.246.